The minimum atomic E-state index is -1.08. The fourth-order valence-electron chi connectivity index (χ4n) is 4.66. The van der Waals surface area contributed by atoms with E-state index in [2.05, 4.69) is 17.6 Å². The number of carbonyl (C=O) groups excluding carboxylic acids is 4. The molecule has 2 rings (SSSR count). The summed E-state index contributed by atoms with van der Waals surface area (Å²) in [7, 11) is 0. The van der Waals surface area contributed by atoms with Crippen molar-refractivity contribution in [3.05, 3.63) is 34.9 Å². The molecule has 0 aliphatic heterocycles. The average Bonchev–Trinajstić information content (AvgIpc) is 3.51. The largest absolute Gasteiger partial charge is 0.444 e. The van der Waals surface area contributed by atoms with Gasteiger partial charge in [-0.15, -0.1) is 0 Å². The first-order valence-corrected chi connectivity index (χ1v) is 13.6. The maximum Gasteiger partial charge on any atom is 0.408 e. The Hall–Kier alpha value is -3.10. The lowest BCUT2D eigenvalue weighted by Gasteiger charge is -2.36. The van der Waals surface area contributed by atoms with E-state index in [1.165, 1.54) is 0 Å². The van der Waals surface area contributed by atoms with Crippen molar-refractivity contribution >= 4 is 23.8 Å². The fraction of sp³-hybridized carbons (Fsp3) is 0.655. The van der Waals surface area contributed by atoms with Crippen LogP contribution < -0.4 is 16.4 Å². The number of hydrogen-bond acceptors (Lipinski definition) is 5. The Balaban J connectivity index is 2.55. The molecular weight excluding hydrogens is 484 g/mol. The Morgan fingerprint density at radius 1 is 1.13 bits per heavy atom. The van der Waals surface area contributed by atoms with Gasteiger partial charge in [0.1, 0.15) is 17.7 Å². The zero-order chi connectivity index (χ0) is 28.8. The maximum atomic E-state index is 14.2. The maximum absolute atomic E-state index is 14.2. The molecule has 4 N–H and O–H groups in total. The quantitative estimate of drug-likeness (QED) is 0.375. The van der Waals surface area contributed by atoms with E-state index in [1.54, 1.807) is 25.7 Å². The van der Waals surface area contributed by atoms with E-state index in [9.17, 15) is 19.2 Å². The van der Waals surface area contributed by atoms with Crippen LogP contribution in [0, 0.1) is 19.8 Å². The molecule has 0 radical (unpaired) electrons. The van der Waals surface area contributed by atoms with Gasteiger partial charge >= 0.3 is 6.09 Å². The van der Waals surface area contributed by atoms with E-state index >= 15 is 0 Å². The SMILES string of the molecule is CCCC(C)NC(=O)C(c1cccc(C)c1C)N(C(=O)C(CCC(N)=O)NC(=O)OC(C)(C)C)C1CC1C. The second-order valence-electron chi connectivity index (χ2n) is 11.6. The molecule has 9 heteroatoms. The van der Waals surface area contributed by atoms with Gasteiger partial charge in [0, 0.05) is 18.5 Å². The lowest BCUT2D eigenvalue weighted by atomic mass is 9.94. The van der Waals surface area contributed by atoms with Gasteiger partial charge < -0.3 is 26.0 Å². The highest BCUT2D eigenvalue weighted by Gasteiger charge is 2.48. The third-order valence-electron chi connectivity index (χ3n) is 6.93. The molecule has 1 saturated carbocycles. The van der Waals surface area contributed by atoms with Gasteiger partial charge in [-0.05, 0) is 83.4 Å². The van der Waals surface area contributed by atoms with Crippen molar-refractivity contribution in [2.24, 2.45) is 11.7 Å². The molecule has 0 saturated heterocycles. The molecule has 5 atom stereocenters. The molecule has 1 aromatic carbocycles. The van der Waals surface area contributed by atoms with E-state index in [0.29, 0.717) is 0 Å². The van der Waals surface area contributed by atoms with Crippen molar-refractivity contribution < 1.29 is 23.9 Å². The van der Waals surface area contributed by atoms with E-state index in [1.807, 2.05) is 45.9 Å². The number of nitrogens with one attached hydrogen (secondary N) is 2. The topological polar surface area (TPSA) is 131 Å². The summed E-state index contributed by atoms with van der Waals surface area (Å²) in [5.74, 6) is -1.10. The number of nitrogens with zero attached hydrogens (tertiary/aromatic N) is 1. The van der Waals surface area contributed by atoms with E-state index in [-0.39, 0.29) is 36.8 Å². The number of ether oxygens (including phenoxy) is 1. The molecule has 4 amide bonds. The summed E-state index contributed by atoms with van der Waals surface area (Å²) in [5, 5.41) is 5.75. The van der Waals surface area contributed by atoms with E-state index in [4.69, 9.17) is 10.5 Å². The van der Waals surface area contributed by atoms with Crippen LogP contribution in [0.1, 0.15) is 96.4 Å². The molecule has 1 aliphatic rings. The Labute approximate surface area is 227 Å². The second kappa shape index (κ2) is 13.1. The number of rotatable bonds is 12. The molecule has 9 nitrogen and oxygen atoms in total. The Bertz CT molecular complexity index is 1020. The average molecular weight is 531 g/mol. The van der Waals surface area contributed by atoms with E-state index in [0.717, 1.165) is 36.0 Å². The van der Waals surface area contributed by atoms with Crippen molar-refractivity contribution in [1.82, 2.24) is 15.5 Å². The first-order chi connectivity index (χ1) is 17.7. The zero-order valence-corrected chi connectivity index (χ0v) is 24.2. The summed E-state index contributed by atoms with van der Waals surface area (Å²) in [5.41, 5.74) is 7.29. The Morgan fingerprint density at radius 3 is 2.29 bits per heavy atom. The number of nitrogens with two attached hydrogens (primary N) is 1. The number of hydrogen-bond donors (Lipinski definition) is 3. The summed E-state index contributed by atoms with van der Waals surface area (Å²) in [4.78, 5) is 54.0. The highest BCUT2D eigenvalue weighted by molar-refractivity contribution is 5.93. The smallest absolute Gasteiger partial charge is 0.408 e. The number of amides is 4. The van der Waals surface area contributed by atoms with Gasteiger partial charge in [-0.2, -0.15) is 0 Å². The van der Waals surface area contributed by atoms with Gasteiger partial charge in [-0.3, -0.25) is 14.4 Å². The van der Waals surface area contributed by atoms with Crippen LogP contribution in [0.4, 0.5) is 4.79 Å². The Morgan fingerprint density at radius 2 is 1.76 bits per heavy atom. The lowest BCUT2D eigenvalue weighted by Crippen LogP contribution is -2.55. The molecule has 38 heavy (non-hydrogen) atoms. The number of benzene rings is 1. The summed E-state index contributed by atoms with van der Waals surface area (Å²) < 4.78 is 5.39. The molecule has 0 bridgehead atoms. The monoisotopic (exact) mass is 530 g/mol. The first-order valence-electron chi connectivity index (χ1n) is 13.6. The van der Waals surface area contributed by atoms with E-state index < -0.39 is 35.6 Å². The van der Waals surface area contributed by atoms with Crippen LogP contribution in [0.25, 0.3) is 0 Å². The molecule has 1 fully saturated rings. The number of alkyl carbamates (subject to hydrolysis) is 1. The number of aryl methyl sites for hydroxylation is 1. The van der Waals surface area contributed by atoms with Crippen molar-refractivity contribution in [2.75, 3.05) is 0 Å². The van der Waals surface area contributed by atoms with Gasteiger partial charge in [0.05, 0.1) is 0 Å². The van der Waals surface area contributed by atoms with Crippen LogP contribution in [0.2, 0.25) is 0 Å². The second-order valence-corrected chi connectivity index (χ2v) is 11.6. The predicted molar refractivity (Wildman–Crippen MR) is 147 cm³/mol. The molecule has 0 spiro atoms. The van der Waals surface area contributed by atoms with Crippen LogP contribution in [0.3, 0.4) is 0 Å². The lowest BCUT2D eigenvalue weighted by molar-refractivity contribution is -0.144. The summed E-state index contributed by atoms with van der Waals surface area (Å²) in [6.07, 6.45) is 1.58. The number of carbonyl (C=O) groups is 4. The molecule has 1 aliphatic carbocycles. The third kappa shape index (κ3) is 8.74. The minimum Gasteiger partial charge on any atom is -0.444 e. The highest BCUT2D eigenvalue weighted by Crippen LogP contribution is 2.41. The fourth-order valence-corrected chi connectivity index (χ4v) is 4.66. The van der Waals surface area contributed by atoms with Crippen molar-refractivity contribution in [3.63, 3.8) is 0 Å². The van der Waals surface area contributed by atoms with Crippen molar-refractivity contribution in [1.29, 1.82) is 0 Å². The van der Waals surface area contributed by atoms with Crippen LogP contribution >= 0.6 is 0 Å². The van der Waals surface area contributed by atoms with Gasteiger partial charge in [-0.25, -0.2) is 4.79 Å². The minimum absolute atomic E-state index is 0.00160. The third-order valence-corrected chi connectivity index (χ3v) is 6.93. The molecule has 0 heterocycles. The van der Waals surface area contributed by atoms with Crippen LogP contribution in [-0.2, 0) is 19.1 Å². The summed E-state index contributed by atoms with van der Waals surface area (Å²) in [6, 6.07) is 3.50. The molecule has 1 aromatic rings. The molecule has 5 unspecified atom stereocenters. The zero-order valence-electron chi connectivity index (χ0n) is 24.2. The van der Waals surface area contributed by atoms with Crippen LogP contribution in [0.5, 0.6) is 0 Å². The van der Waals surface area contributed by atoms with Crippen molar-refractivity contribution in [3.8, 4) is 0 Å². The van der Waals surface area contributed by atoms with Gasteiger partial charge in [0.25, 0.3) is 0 Å². The first kappa shape index (κ1) is 31.1. The normalized spacial score (nSPS) is 19.1. The summed E-state index contributed by atoms with van der Waals surface area (Å²) in [6.45, 7) is 15.1. The Kier molecular flexibility index (Phi) is 10.7. The van der Waals surface area contributed by atoms with Crippen molar-refractivity contribution in [2.45, 2.75) is 117 Å². The van der Waals surface area contributed by atoms with Gasteiger partial charge in [0.15, 0.2) is 0 Å². The standard InChI is InChI=1S/C29H46N4O5/c1-9-11-19(4)31-26(35)25(21-13-10-12-17(2)20(21)5)33(23-16-18(23)3)27(36)22(14-15-24(30)34)32-28(37)38-29(6,7)8/h10,12-13,18-19,22-23,25H,9,11,14-16H2,1-8H3,(H2,30,34)(H,31,35)(H,32,37). The molecule has 0 aromatic heterocycles. The number of primary amides is 1. The van der Waals surface area contributed by atoms with Crippen LogP contribution in [-0.4, -0.2) is 52.4 Å². The van der Waals surface area contributed by atoms with Crippen LogP contribution in [0.15, 0.2) is 18.2 Å². The van der Waals surface area contributed by atoms with Gasteiger partial charge in [-0.1, -0.05) is 38.5 Å². The highest BCUT2D eigenvalue weighted by atomic mass is 16.6. The predicted octanol–water partition coefficient (Wildman–Crippen LogP) is 4.05. The molecular formula is C29H46N4O5. The summed E-state index contributed by atoms with van der Waals surface area (Å²) >= 11 is 0. The molecule has 212 valence electrons. The van der Waals surface area contributed by atoms with Gasteiger partial charge in [0.2, 0.25) is 17.7 Å².